The maximum absolute atomic E-state index is 5.53. The van der Waals surface area contributed by atoms with Crippen LogP contribution in [0.2, 0.25) is 0 Å². The number of hydrogen-bond donors (Lipinski definition) is 2. The van der Waals surface area contributed by atoms with Crippen LogP contribution in [-0.4, -0.2) is 20.2 Å². The van der Waals surface area contributed by atoms with E-state index in [0.717, 1.165) is 30.9 Å². The van der Waals surface area contributed by atoms with Gasteiger partial charge in [-0.1, -0.05) is 12.1 Å². The molecule has 0 bridgehead atoms. The average Bonchev–Trinajstić information content (AvgIpc) is 2.25. The summed E-state index contributed by atoms with van der Waals surface area (Å²) in [7, 11) is 1.94. The molecule has 1 rings (SSSR count). The Balaban J connectivity index is 2.29. The highest BCUT2D eigenvalue weighted by Gasteiger charge is 1.93. The summed E-state index contributed by atoms with van der Waals surface area (Å²) in [4.78, 5) is 0. The lowest BCUT2D eigenvalue weighted by Crippen LogP contribution is -2.11. The van der Waals surface area contributed by atoms with E-state index >= 15 is 0 Å². The van der Waals surface area contributed by atoms with Crippen molar-refractivity contribution in [2.45, 2.75) is 13.0 Å². The number of benzene rings is 1. The lowest BCUT2D eigenvalue weighted by molar-refractivity contribution is 0.310. The molecule has 3 N–H and O–H groups in total. The minimum atomic E-state index is 0.583. The van der Waals surface area contributed by atoms with Gasteiger partial charge in [0.05, 0.1) is 6.61 Å². The van der Waals surface area contributed by atoms with Crippen LogP contribution < -0.4 is 15.8 Å². The quantitative estimate of drug-likeness (QED) is 0.667. The summed E-state index contributed by atoms with van der Waals surface area (Å²) >= 11 is 0. The minimum Gasteiger partial charge on any atom is -0.494 e. The summed E-state index contributed by atoms with van der Waals surface area (Å²) in [6.07, 6.45) is 1.02. The van der Waals surface area contributed by atoms with E-state index in [1.807, 2.05) is 31.3 Å². The van der Waals surface area contributed by atoms with Gasteiger partial charge in [-0.2, -0.15) is 0 Å². The van der Waals surface area contributed by atoms with Crippen molar-refractivity contribution in [3.63, 3.8) is 0 Å². The predicted molar refractivity (Wildman–Crippen MR) is 58.4 cm³/mol. The Morgan fingerprint density at radius 2 is 2.00 bits per heavy atom. The molecule has 3 heteroatoms. The SMILES string of the molecule is CNCCCOc1ccc(CN)cc1. The fraction of sp³-hybridized carbons (Fsp3) is 0.455. The van der Waals surface area contributed by atoms with Gasteiger partial charge in [-0.05, 0) is 37.7 Å². The predicted octanol–water partition coefficient (Wildman–Crippen LogP) is 1.13. The summed E-state index contributed by atoms with van der Waals surface area (Å²) in [5, 5.41) is 3.08. The molecule has 1 aromatic rings. The molecule has 0 aliphatic rings. The zero-order valence-electron chi connectivity index (χ0n) is 8.62. The largest absolute Gasteiger partial charge is 0.494 e. The normalized spacial score (nSPS) is 10.1. The second kappa shape index (κ2) is 6.40. The highest BCUT2D eigenvalue weighted by atomic mass is 16.5. The van der Waals surface area contributed by atoms with Crippen molar-refractivity contribution in [1.82, 2.24) is 5.32 Å². The number of nitrogens with one attached hydrogen (secondary N) is 1. The second-order valence-electron chi connectivity index (χ2n) is 3.15. The summed E-state index contributed by atoms with van der Waals surface area (Å²) < 4.78 is 5.53. The molecule has 0 unspecified atom stereocenters. The van der Waals surface area contributed by atoms with Gasteiger partial charge in [0.1, 0.15) is 5.75 Å². The molecule has 0 amide bonds. The topological polar surface area (TPSA) is 47.3 Å². The zero-order chi connectivity index (χ0) is 10.2. The lowest BCUT2D eigenvalue weighted by Gasteiger charge is -2.06. The molecule has 0 heterocycles. The Morgan fingerprint density at radius 1 is 1.29 bits per heavy atom. The molecule has 3 nitrogen and oxygen atoms in total. The summed E-state index contributed by atoms with van der Waals surface area (Å²) in [6.45, 7) is 2.32. The first-order chi connectivity index (χ1) is 6.86. The second-order valence-corrected chi connectivity index (χ2v) is 3.15. The fourth-order valence-electron chi connectivity index (χ4n) is 1.16. The summed E-state index contributed by atoms with van der Waals surface area (Å²) in [5.74, 6) is 0.915. The summed E-state index contributed by atoms with van der Waals surface area (Å²) in [5.41, 5.74) is 6.62. The first-order valence-electron chi connectivity index (χ1n) is 4.93. The molecule has 0 saturated carbocycles. The molecule has 14 heavy (non-hydrogen) atoms. The number of ether oxygens (including phenoxy) is 1. The molecule has 0 spiro atoms. The van der Waals surface area contributed by atoms with Gasteiger partial charge in [0.15, 0.2) is 0 Å². The van der Waals surface area contributed by atoms with E-state index in [9.17, 15) is 0 Å². The third-order valence-corrected chi connectivity index (χ3v) is 2.00. The maximum atomic E-state index is 5.53. The fourth-order valence-corrected chi connectivity index (χ4v) is 1.16. The van der Waals surface area contributed by atoms with Crippen LogP contribution in [0.25, 0.3) is 0 Å². The van der Waals surface area contributed by atoms with Crippen LogP contribution in [0, 0.1) is 0 Å². The molecule has 0 fully saturated rings. The van der Waals surface area contributed by atoms with Crippen LogP contribution in [0.3, 0.4) is 0 Å². The van der Waals surface area contributed by atoms with Crippen molar-refractivity contribution < 1.29 is 4.74 Å². The van der Waals surface area contributed by atoms with Gasteiger partial charge in [0.2, 0.25) is 0 Å². The first-order valence-corrected chi connectivity index (χ1v) is 4.93. The van der Waals surface area contributed by atoms with Crippen molar-refractivity contribution in [3.8, 4) is 5.75 Å². The lowest BCUT2D eigenvalue weighted by atomic mass is 10.2. The molecule has 0 aromatic heterocycles. The van der Waals surface area contributed by atoms with E-state index in [4.69, 9.17) is 10.5 Å². The van der Waals surface area contributed by atoms with Crippen molar-refractivity contribution >= 4 is 0 Å². The molecule has 0 saturated heterocycles. The van der Waals surface area contributed by atoms with E-state index in [1.165, 1.54) is 0 Å². The zero-order valence-corrected chi connectivity index (χ0v) is 8.62. The van der Waals surface area contributed by atoms with Crippen LogP contribution in [-0.2, 0) is 6.54 Å². The smallest absolute Gasteiger partial charge is 0.119 e. The van der Waals surface area contributed by atoms with E-state index in [1.54, 1.807) is 0 Å². The highest BCUT2D eigenvalue weighted by molar-refractivity contribution is 5.26. The molecule has 1 aromatic carbocycles. The van der Waals surface area contributed by atoms with Gasteiger partial charge in [0, 0.05) is 6.54 Å². The summed E-state index contributed by atoms with van der Waals surface area (Å²) in [6, 6.07) is 7.91. The van der Waals surface area contributed by atoms with E-state index < -0.39 is 0 Å². The van der Waals surface area contributed by atoms with Crippen LogP contribution in [0.15, 0.2) is 24.3 Å². The van der Waals surface area contributed by atoms with Crippen LogP contribution in [0.1, 0.15) is 12.0 Å². The minimum absolute atomic E-state index is 0.583. The number of hydrogen-bond acceptors (Lipinski definition) is 3. The standard InChI is InChI=1S/C11H18N2O/c1-13-7-2-8-14-11-5-3-10(9-12)4-6-11/h3-6,13H,2,7-9,12H2,1H3. The van der Waals surface area contributed by atoms with E-state index in [2.05, 4.69) is 5.32 Å². The van der Waals surface area contributed by atoms with Gasteiger partial charge >= 0.3 is 0 Å². The van der Waals surface area contributed by atoms with Crippen molar-refractivity contribution in [2.75, 3.05) is 20.2 Å². The third kappa shape index (κ3) is 3.77. The van der Waals surface area contributed by atoms with Crippen molar-refractivity contribution in [1.29, 1.82) is 0 Å². The Morgan fingerprint density at radius 3 is 2.57 bits per heavy atom. The maximum Gasteiger partial charge on any atom is 0.119 e. The first kappa shape index (κ1) is 11.0. The number of rotatable bonds is 6. The average molecular weight is 194 g/mol. The molecule has 0 aliphatic carbocycles. The Labute approximate surface area is 85.3 Å². The van der Waals surface area contributed by atoms with Crippen LogP contribution >= 0.6 is 0 Å². The Bertz CT molecular complexity index is 246. The molecular weight excluding hydrogens is 176 g/mol. The van der Waals surface area contributed by atoms with Gasteiger partial charge in [0.25, 0.3) is 0 Å². The van der Waals surface area contributed by atoms with Crippen LogP contribution in [0.5, 0.6) is 5.75 Å². The highest BCUT2D eigenvalue weighted by Crippen LogP contribution is 2.11. The Hall–Kier alpha value is -1.06. The Kier molecular flexibility index (Phi) is 5.04. The van der Waals surface area contributed by atoms with Gasteiger partial charge in [-0.25, -0.2) is 0 Å². The molecule has 0 radical (unpaired) electrons. The molecule has 0 atom stereocenters. The van der Waals surface area contributed by atoms with Gasteiger partial charge in [-0.3, -0.25) is 0 Å². The number of nitrogens with two attached hydrogens (primary N) is 1. The van der Waals surface area contributed by atoms with Crippen molar-refractivity contribution in [3.05, 3.63) is 29.8 Å². The molecule has 0 aliphatic heterocycles. The third-order valence-electron chi connectivity index (χ3n) is 2.00. The van der Waals surface area contributed by atoms with E-state index in [0.29, 0.717) is 6.54 Å². The van der Waals surface area contributed by atoms with Crippen LogP contribution in [0.4, 0.5) is 0 Å². The molecule has 78 valence electrons. The van der Waals surface area contributed by atoms with Gasteiger partial charge in [-0.15, -0.1) is 0 Å². The van der Waals surface area contributed by atoms with Gasteiger partial charge < -0.3 is 15.8 Å². The van der Waals surface area contributed by atoms with E-state index in [-0.39, 0.29) is 0 Å². The van der Waals surface area contributed by atoms with Crippen molar-refractivity contribution in [2.24, 2.45) is 5.73 Å². The molecular formula is C11H18N2O. The monoisotopic (exact) mass is 194 g/mol.